The molecular weight excluding hydrogens is 304 g/mol. The Hall–Kier alpha value is -1.65. The molecule has 0 saturated heterocycles. The molecule has 1 aromatic heterocycles. The molecule has 2 heterocycles. The summed E-state index contributed by atoms with van der Waals surface area (Å²) in [6.07, 6.45) is 0.961. The maximum Gasteiger partial charge on any atom is 0.237 e. The first-order valence-electron chi connectivity index (χ1n) is 8.22. The number of nitrogens with one attached hydrogen (secondary N) is 1. The zero-order valence-corrected chi connectivity index (χ0v) is 14.8. The number of fused-ring (bicyclic) bond motifs is 1. The van der Waals surface area contributed by atoms with Crippen LogP contribution < -0.4 is 5.32 Å². The van der Waals surface area contributed by atoms with E-state index < -0.39 is 0 Å². The van der Waals surface area contributed by atoms with Crippen molar-refractivity contribution in [3.63, 3.8) is 0 Å². The van der Waals surface area contributed by atoms with E-state index in [1.807, 2.05) is 4.90 Å². The number of nitrogens with zero attached hydrogens (tertiary/aromatic N) is 1. The summed E-state index contributed by atoms with van der Waals surface area (Å²) in [5, 5.41) is 5.40. The van der Waals surface area contributed by atoms with E-state index in [9.17, 15) is 4.79 Å². The molecule has 0 radical (unpaired) electrons. The minimum Gasteiger partial charge on any atom is -0.330 e. The summed E-state index contributed by atoms with van der Waals surface area (Å²) in [6.45, 7) is 7.43. The van der Waals surface area contributed by atoms with Gasteiger partial charge in [-0.25, -0.2) is 0 Å². The number of thiophene rings is 1. The van der Waals surface area contributed by atoms with Gasteiger partial charge in [0.25, 0.3) is 0 Å². The van der Waals surface area contributed by atoms with Crippen LogP contribution in [0.4, 0.5) is 0 Å². The van der Waals surface area contributed by atoms with Crippen molar-refractivity contribution in [3.8, 4) is 0 Å². The van der Waals surface area contributed by atoms with Crippen molar-refractivity contribution in [2.75, 3.05) is 13.1 Å². The summed E-state index contributed by atoms with van der Waals surface area (Å²) in [5.41, 5.74) is 3.74. The summed E-state index contributed by atoms with van der Waals surface area (Å²) < 4.78 is 0. The van der Waals surface area contributed by atoms with Gasteiger partial charge in [-0.05, 0) is 35.9 Å². The highest BCUT2D eigenvalue weighted by Crippen LogP contribution is 2.37. The number of aryl methyl sites for hydroxylation is 1. The summed E-state index contributed by atoms with van der Waals surface area (Å²) in [6, 6.07) is 11.1. The fourth-order valence-corrected chi connectivity index (χ4v) is 3.99. The summed E-state index contributed by atoms with van der Waals surface area (Å²) in [4.78, 5) is 16.2. The average molecular weight is 328 g/mol. The summed E-state index contributed by atoms with van der Waals surface area (Å²) >= 11 is 1.81. The highest BCUT2D eigenvalue weighted by Gasteiger charge is 2.32. The topological polar surface area (TPSA) is 32.3 Å². The lowest BCUT2D eigenvalue weighted by Crippen LogP contribution is -2.45. The first-order chi connectivity index (χ1) is 11.1. The Kier molecular flexibility index (Phi) is 4.83. The van der Waals surface area contributed by atoms with Crippen LogP contribution in [-0.4, -0.2) is 29.9 Å². The lowest BCUT2D eigenvalue weighted by atomic mass is 9.92. The van der Waals surface area contributed by atoms with Crippen LogP contribution >= 0.6 is 11.3 Å². The van der Waals surface area contributed by atoms with Gasteiger partial charge < -0.3 is 10.2 Å². The molecule has 0 spiro atoms. The lowest BCUT2D eigenvalue weighted by Gasteiger charge is -2.36. The fraction of sp³-hybridized carbons (Fsp3) is 0.421. The van der Waals surface area contributed by atoms with E-state index in [0.717, 1.165) is 13.0 Å². The van der Waals surface area contributed by atoms with Gasteiger partial charge in [-0.2, -0.15) is 0 Å². The van der Waals surface area contributed by atoms with Crippen LogP contribution in [0.2, 0.25) is 0 Å². The van der Waals surface area contributed by atoms with E-state index in [1.54, 1.807) is 11.3 Å². The predicted octanol–water partition coefficient (Wildman–Crippen LogP) is 3.53. The van der Waals surface area contributed by atoms with Gasteiger partial charge in [-0.3, -0.25) is 4.79 Å². The molecule has 1 N–H and O–H groups in total. The van der Waals surface area contributed by atoms with Gasteiger partial charge in [0.1, 0.15) is 0 Å². The van der Waals surface area contributed by atoms with E-state index in [0.29, 0.717) is 12.6 Å². The smallest absolute Gasteiger partial charge is 0.237 e. The van der Waals surface area contributed by atoms with Crippen LogP contribution in [0, 0.1) is 6.92 Å². The molecule has 122 valence electrons. The molecule has 23 heavy (non-hydrogen) atoms. The van der Waals surface area contributed by atoms with Gasteiger partial charge >= 0.3 is 0 Å². The molecule has 1 aliphatic heterocycles. The van der Waals surface area contributed by atoms with Gasteiger partial charge in [-0.15, -0.1) is 11.3 Å². The van der Waals surface area contributed by atoms with Crippen LogP contribution in [0.5, 0.6) is 0 Å². The Labute approximate surface area is 142 Å². The van der Waals surface area contributed by atoms with Crippen molar-refractivity contribution < 1.29 is 4.79 Å². The van der Waals surface area contributed by atoms with Crippen molar-refractivity contribution in [3.05, 3.63) is 57.3 Å². The zero-order valence-electron chi connectivity index (χ0n) is 14.0. The second-order valence-corrected chi connectivity index (χ2v) is 7.49. The standard InChI is InChI=1S/C19H24N2OS/c1-13(2)20-12-18(22)21-10-8-17-16(9-11-23-17)19(21)15-6-4-14(3)5-7-15/h4-7,9,11,13,19-20H,8,10,12H2,1-3H3/t19-/m0/s1. The monoisotopic (exact) mass is 328 g/mol. The predicted molar refractivity (Wildman–Crippen MR) is 95.9 cm³/mol. The third-order valence-corrected chi connectivity index (χ3v) is 5.34. The molecule has 1 aliphatic rings. The number of hydrogen-bond donors (Lipinski definition) is 1. The average Bonchev–Trinajstić information content (AvgIpc) is 3.01. The number of carbonyl (C=O) groups is 1. The van der Waals surface area contributed by atoms with E-state index in [1.165, 1.54) is 21.6 Å². The number of carbonyl (C=O) groups excluding carboxylic acids is 1. The Morgan fingerprint density at radius 1 is 1.30 bits per heavy atom. The fourth-order valence-electron chi connectivity index (χ4n) is 3.09. The van der Waals surface area contributed by atoms with Gasteiger partial charge in [0.05, 0.1) is 12.6 Å². The maximum atomic E-state index is 12.8. The van der Waals surface area contributed by atoms with Crippen molar-refractivity contribution in [1.82, 2.24) is 10.2 Å². The molecule has 2 aromatic rings. The summed E-state index contributed by atoms with van der Waals surface area (Å²) in [5.74, 6) is 0.182. The third kappa shape index (κ3) is 3.48. The largest absolute Gasteiger partial charge is 0.330 e. The van der Waals surface area contributed by atoms with E-state index in [-0.39, 0.29) is 11.9 Å². The van der Waals surface area contributed by atoms with Gasteiger partial charge in [0.15, 0.2) is 0 Å². The van der Waals surface area contributed by atoms with Gasteiger partial charge in [0.2, 0.25) is 5.91 Å². The third-order valence-electron chi connectivity index (χ3n) is 4.34. The van der Waals surface area contributed by atoms with Crippen LogP contribution in [0.25, 0.3) is 0 Å². The quantitative estimate of drug-likeness (QED) is 0.931. The van der Waals surface area contributed by atoms with Crippen LogP contribution in [-0.2, 0) is 11.2 Å². The molecule has 3 rings (SSSR count). The highest BCUT2D eigenvalue weighted by atomic mass is 32.1. The Balaban J connectivity index is 1.92. The van der Waals surface area contributed by atoms with Gasteiger partial charge in [0, 0.05) is 17.5 Å². The second-order valence-electron chi connectivity index (χ2n) is 6.49. The minimum atomic E-state index is 0.0482. The first kappa shape index (κ1) is 16.2. The van der Waals surface area contributed by atoms with Crippen LogP contribution in [0.1, 0.15) is 41.5 Å². The van der Waals surface area contributed by atoms with E-state index >= 15 is 0 Å². The Morgan fingerprint density at radius 2 is 2.04 bits per heavy atom. The lowest BCUT2D eigenvalue weighted by molar-refractivity contribution is -0.132. The molecule has 1 aromatic carbocycles. The van der Waals surface area contributed by atoms with E-state index in [2.05, 4.69) is 61.8 Å². The molecule has 0 aliphatic carbocycles. The maximum absolute atomic E-state index is 12.8. The van der Waals surface area contributed by atoms with Crippen molar-refractivity contribution >= 4 is 17.2 Å². The summed E-state index contributed by atoms with van der Waals surface area (Å²) in [7, 11) is 0. The second kappa shape index (κ2) is 6.85. The number of benzene rings is 1. The minimum absolute atomic E-state index is 0.0482. The molecule has 1 atom stereocenters. The van der Waals surface area contributed by atoms with E-state index in [4.69, 9.17) is 0 Å². The van der Waals surface area contributed by atoms with Crippen LogP contribution in [0.15, 0.2) is 35.7 Å². The Morgan fingerprint density at radius 3 is 2.74 bits per heavy atom. The normalized spacial score (nSPS) is 17.4. The molecule has 3 nitrogen and oxygen atoms in total. The van der Waals surface area contributed by atoms with Crippen molar-refractivity contribution in [2.24, 2.45) is 0 Å². The molecule has 0 bridgehead atoms. The number of rotatable bonds is 4. The Bertz CT molecular complexity index is 675. The first-order valence-corrected chi connectivity index (χ1v) is 9.10. The van der Waals surface area contributed by atoms with Crippen molar-refractivity contribution in [1.29, 1.82) is 0 Å². The number of amides is 1. The van der Waals surface area contributed by atoms with Crippen molar-refractivity contribution in [2.45, 2.75) is 39.3 Å². The van der Waals surface area contributed by atoms with Gasteiger partial charge in [-0.1, -0.05) is 43.7 Å². The molecule has 1 amide bonds. The molecule has 0 saturated carbocycles. The molecule has 0 unspecified atom stereocenters. The SMILES string of the molecule is Cc1ccc([C@H]2c3ccsc3CCN2C(=O)CNC(C)C)cc1. The molecule has 4 heteroatoms. The highest BCUT2D eigenvalue weighted by molar-refractivity contribution is 7.10. The zero-order chi connectivity index (χ0) is 16.4. The molecular formula is C19H24N2OS. The van der Waals surface area contributed by atoms with Crippen LogP contribution in [0.3, 0.4) is 0 Å². The molecule has 0 fully saturated rings. The number of hydrogen-bond acceptors (Lipinski definition) is 3.